The highest BCUT2D eigenvalue weighted by Crippen LogP contribution is 2.66. The van der Waals surface area contributed by atoms with Gasteiger partial charge >= 0.3 is 18.2 Å². The number of esters is 1. The van der Waals surface area contributed by atoms with Gasteiger partial charge in [-0.1, -0.05) is 145 Å². The van der Waals surface area contributed by atoms with E-state index >= 15 is 0 Å². The normalized spacial score (nSPS) is 32.3. The molecular formula is C59H102N6O11. The maximum Gasteiger partial charge on any atom is 0.408 e. The van der Waals surface area contributed by atoms with E-state index in [4.69, 9.17) is 14.2 Å². The van der Waals surface area contributed by atoms with E-state index in [-0.39, 0.29) is 70.8 Å². The van der Waals surface area contributed by atoms with Crippen molar-refractivity contribution in [1.82, 2.24) is 31.1 Å². The molecule has 0 bridgehead atoms. The number of ether oxygens (including phenoxy) is 3. The summed E-state index contributed by atoms with van der Waals surface area (Å²) < 4.78 is 16.1. The van der Waals surface area contributed by atoms with Crippen LogP contribution in [0.3, 0.4) is 0 Å². The lowest BCUT2D eigenvalue weighted by Crippen LogP contribution is -2.61. The average molecular weight is 1070 g/mol. The first-order valence-corrected chi connectivity index (χ1v) is 29.2. The molecule has 5 N–H and O–H groups in total. The molecule has 6 amide bonds. The van der Waals surface area contributed by atoms with Gasteiger partial charge in [0.25, 0.3) is 0 Å². The fourth-order valence-corrected chi connectivity index (χ4v) is 13.1. The Labute approximate surface area is 456 Å². The van der Waals surface area contributed by atoms with Gasteiger partial charge in [0.05, 0.1) is 19.8 Å². The Morgan fingerprint density at radius 2 is 0.921 bits per heavy atom. The fraction of sp³-hybridized carbons (Fsp3) is 0.881. The predicted molar refractivity (Wildman–Crippen MR) is 292 cm³/mol. The molecule has 17 nitrogen and oxygen atoms in total. The third-order valence-corrected chi connectivity index (χ3v) is 18.0. The van der Waals surface area contributed by atoms with Crippen molar-refractivity contribution in [3.63, 3.8) is 0 Å². The number of nitrogens with one attached hydrogen (secondary N) is 4. The third kappa shape index (κ3) is 16.0. The van der Waals surface area contributed by atoms with E-state index in [1.165, 1.54) is 7.11 Å². The molecule has 2 aliphatic carbocycles. The molecule has 4 heterocycles. The molecule has 0 radical (unpaired) electrons. The summed E-state index contributed by atoms with van der Waals surface area (Å²) in [7, 11) is 1.33. The van der Waals surface area contributed by atoms with Crippen molar-refractivity contribution in [3.8, 4) is 0 Å². The molecule has 10 atom stereocenters. The van der Waals surface area contributed by atoms with E-state index in [1.807, 2.05) is 27.7 Å². The molecule has 2 saturated carbocycles. The zero-order chi connectivity index (χ0) is 56.8. The Morgan fingerprint density at radius 1 is 0.566 bits per heavy atom. The van der Waals surface area contributed by atoms with Crippen molar-refractivity contribution < 1.29 is 52.9 Å². The number of nitrogens with zero attached hydrogens (tertiary/aromatic N) is 2. The number of aliphatic hydroxyl groups excluding tert-OH is 1. The van der Waals surface area contributed by atoms with Crippen LogP contribution >= 0.6 is 0 Å². The van der Waals surface area contributed by atoms with Crippen LogP contribution in [0.15, 0.2) is 0 Å². The second-order valence-electron chi connectivity index (χ2n) is 27.9. The molecule has 6 rings (SSSR count). The van der Waals surface area contributed by atoms with Crippen LogP contribution in [-0.4, -0.2) is 131 Å². The van der Waals surface area contributed by atoms with Gasteiger partial charge in [-0.15, -0.1) is 0 Å². The molecule has 6 fully saturated rings. The number of alkyl carbamates (subject to hydrolysis) is 2. The van der Waals surface area contributed by atoms with E-state index in [2.05, 4.69) is 49.0 Å². The van der Waals surface area contributed by atoms with Crippen LogP contribution in [0.25, 0.3) is 0 Å². The smallest absolute Gasteiger partial charge is 0.408 e. The number of piperidine rings is 2. The van der Waals surface area contributed by atoms with Crippen molar-refractivity contribution >= 4 is 41.8 Å². The van der Waals surface area contributed by atoms with Crippen molar-refractivity contribution in [2.24, 2.45) is 45.3 Å². The average Bonchev–Trinajstić information content (AvgIpc) is 3.75. The van der Waals surface area contributed by atoms with Gasteiger partial charge in [0.15, 0.2) is 0 Å². The monoisotopic (exact) mass is 1070 g/mol. The summed E-state index contributed by atoms with van der Waals surface area (Å²) in [6.45, 7) is 28.2. The summed E-state index contributed by atoms with van der Waals surface area (Å²) in [6.07, 6.45) is 16.1. The van der Waals surface area contributed by atoms with Crippen LogP contribution in [0, 0.1) is 45.3 Å². The predicted octanol–water partition coefficient (Wildman–Crippen LogP) is 8.96. The van der Waals surface area contributed by atoms with Gasteiger partial charge in [0.1, 0.15) is 41.4 Å². The maximum absolute atomic E-state index is 14.3. The molecule has 434 valence electrons. The Balaban J connectivity index is 0.000000281. The third-order valence-electron chi connectivity index (χ3n) is 18.0. The minimum absolute atomic E-state index is 0.00730. The summed E-state index contributed by atoms with van der Waals surface area (Å²) in [5.74, 6) is -0.972. The number of hydrogen-bond acceptors (Lipinski definition) is 11. The van der Waals surface area contributed by atoms with Gasteiger partial charge in [0, 0.05) is 13.1 Å². The number of aliphatic hydroxyl groups is 1. The molecule has 4 saturated heterocycles. The molecule has 0 aromatic carbocycles. The number of amides is 6. The highest BCUT2D eigenvalue weighted by Gasteiger charge is 2.71. The van der Waals surface area contributed by atoms with Crippen LogP contribution in [0.1, 0.15) is 213 Å². The number of methoxy groups -OCH3 is 1. The molecular weight excluding hydrogens is 969 g/mol. The molecule has 2 unspecified atom stereocenters. The van der Waals surface area contributed by atoms with Gasteiger partial charge in [-0.3, -0.25) is 19.2 Å². The largest absolute Gasteiger partial charge is 0.467 e. The summed E-state index contributed by atoms with van der Waals surface area (Å²) >= 11 is 0. The lowest BCUT2D eigenvalue weighted by molar-refractivity contribution is -0.148. The van der Waals surface area contributed by atoms with Gasteiger partial charge in [-0.25, -0.2) is 14.4 Å². The summed E-state index contributed by atoms with van der Waals surface area (Å²) in [4.78, 5) is 97.6. The first-order chi connectivity index (χ1) is 35.3. The van der Waals surface area contributed by atoms with Gasteiger partial charge in [-0.2, -0.15) is 0 Å². The summed E-state index contributed by atoms with van der Waals surface area (Å²) in [5.41, 5.74) is -2.57. The molecule has 0 spiro atoms. The Bertz CT molecular complexity index is 2040. The molecule has 0 aromatic rings. The first kappa shape index (κ1) is 62.7. The van der Waals surface area contributed by atoms with Crippen LogP contribution in [0.4, 0.5) is 9.59 Å². The summed E-state index contributed by atoms with van der Waals surface area (Å²) in [6, 6.07) is -4.02. The van der Waals surface area contributed by atoms with Gasteiger partial charge in [-0.05, 0) is 113 Å². The second kappa shape index (κ2) is 25.3. The van der Waals surface area contributed by atoms with Crippen LogP contribution in [0.5, 0.6) is 0 Å². The molecule has 4 aliphatic heterocycles. The highest BCUT2D eigenvalue weighted by atomic mass is 16.6. The van der Waals surface area contributed by atoms with E-state index in [1.54, 1.807) is 51.3 Å². The summed E-state index contributed by atoms with van der Waals surface area (Å²) in [5, 5.41) is 21.7. The topological polar surface area (TPSA) is 222 Å². The van der Waals surface area contributed by atoms with Crippen LogP contribution < -0.4 is 21.3 Å². The SMILES string of the molecule is CC(C)(C)OC(=O)N[C@@H]1C(=O)N2CC3[C@@H]([C@H]2C(=O)N[C@H](CO)CCCCCCCCCC1(C)C)C3(C)C.COC(=O)[C@@H]1CCCCCCCCCC(C)(C)[C@H](NC(=O)OC(C)(C)C)C(=O)N2CC3[C@@H]([C@H]2C(=O)N1)C3(C)C. The number of rotatable bonds is 4. The van der Waals surface area contributed by atoms with E-state index < -0.39 is 70.4 Å². The second-order valence-corrected chi connectivity index (χ2v) is 27.9. The van der Waals surface area contributed by atoms with Crippen molar-refractivity contribution in [3.05, 3.63) is 0 Å². The number of carbonyl (C=O) groups is 7. The van der Waals surface area contributed by atoms with E-state index in [0.29, 0.717) is 19.5 Å². The zero-order valence-corrected chi connectivity index (χ0v) is 49.5. The minimum Gasteiger partial charge on any atom is -0.467 e. The number of hydrogen-bond donors (Lipinski definition) is 5. The lowest BCUT2D eigenvalue weighted by Gasteiger charge is -2.39. The van der Waals surface area contributed by atoms with Crippen molar-refractivity contribution in [2.75, 3.05) is 26.8 Å². The highest BCUT2D eigenvalue weighted by molar-refractivity contribution is 5.95. The Hall–Kier alpha value is -4.15. The number of fused-ring (bicyclic) bond motifs is 6. The standard InChI is InChI=1S/C30H51N3O6.C29H51N3O5/c1-28(2,3)39-27(37)32-23-25(35)33-18-19-21(30(19,6)7)22(33)24(34)31-20(26(36)38-8)16-14-12-10-9-11-13-15-17-29(23,4)5;1-27(2,3)37-26(36)31-23-25(35)32-17-20-21(29(20,6)7)22(32)24(34)30-19(18-33)15-13-11-9-8-10-12-14-16-28(23,4)5/h19-23H,9-18H2,1-8H3,(H,31,34)(H,32,37);19-23,33H,8-18H2,1-7H3,(H,30,34)(H,31,36)/t19?,20-,21-,22-,23+;19-,20?,21-,22-,23+/m00/s1. The quantitative estimate of drug-likeness (QED) is 0.132. The van der Waals surface area contributed by atoms with Crippen LogP contribution in [-0.2, 0) is 38.2 Å². The first-order valence-electron chi connectivity index (χ1n) is 29.2. The van der Waals surface area contributed by atoms with Gasteiger partial charge < -0.3 is 50.4 Å². The fourth-order valence-electron chi connectivity index (χ4n) is 13.1. The zero-order valence-electron chi connectivity index (χ0n) is 49.5. The van der Waals surface area contributed by atoms with E-state index in [9.17, 15) is 38.7 Å². The van der Waals surface area contributed by atoms with Crippen LogP contribution in [0.2, 0.25) is 0 Å². The van der Waals surface area contributed by atoms with Gasteiger partial charge in [0.2, 0.25) is 23.6 Å². The molecule has 6 aliphatic rings. The lowest BCUT2D eigenvalue weighted by atomic mass is 9.78. The number of carbonyl (C=O) groups excluding carboxylic acids is 7. The van der Waals surface area contributed by atoms with Crippen molar-refractivity contribution in [1.29, 1.82) is 0 Å². The van der Waals surface area contributed by atoms with Crippen molar-refractivity contribution in [2.45, 2.75) is 260 Å². The molecule has 0 aromatic heterocycles. The molecule has 17 heteroatoms. The Kier molecular flexibility index (Phi) is 20.9. The maximum atomic E-state index is 14.3. The molecule has 76 heavy (non-hydrogen) atoms. The minimum atomic E-state index is -0.852. The van der Waals surface area contributed by atoms with E-state index in [0.717, 1.165) is 109 Å². The Morgan fingerprint density at radius 3 is 1.29 bits per heavy atom.